The van der Waals surface area contributed by atoms with Crippen LogP contribution in [0.2, 0.25) is 0 Å². The van der Waals surface area contributed by atoms with Crippen molar-refractivity contribution in [3.8, 4) is 5.75 Å². The van der Waals surface area contributed by atoms with Gasteiger partial charge >= 0.3 is 0 Å². The lowest BCUT2D eigenvalue weighted by Gasteiger charge is -2.22. The minimum atomic E-state index is -0.416. The highest BCUT2D eigenvalue weighted by Crippen LogP contribution is 2.17. The van der Waals surface area contributed by atoms with Gasteiger partial charge in [-0.25, -0.2) is 0 Å². The van der Waals surface area contributed by atoms with Crippen LogP contribution in [0, 0.1) is 0 Å². The first-order valence-corrected chi connectivity index (χ1v) is 6.55. The Labute approximate surface area is 125 Å². The largest absolute Gasteiger partial charge is 0.491 e. The Balaban J connectivity index is 0.00000200. The second kappa shape index (κ2) is 8.09. The van der Waals surface area contributed by atoms with Crippen LogP contribution in [0.25, 0.3) is 0 Å². The summed E-state index contributed by atoms with van der Waals surface area (Å²) in [6.45, 7) is 5.87. The normalized spacial score (nSPS) is 18.2. The molecule has 1 fully saturated rings. The van der Waals surface area contributed by atoms with Crippen molar-refractivity contribution in [2.24, 2.45) is 0 Å². The molecule has 1 aromatic carbocycles. The lowest BCUT2D eigenvalue weighted by molar-refractivity contribution is -0.128. The van der Waals surface area contributed by atoms with Crippen LogP contribution < -0.4 is 15.4 Å². The molecule has 1 atom stereocenters. The average Bonchev–Trinajstić information content (AvgIpc) is 2.41. The monoisotopic (exact) mass is 300 g/mol. The number of amides is 1. The Morgan fingerprint density at radius 1 is 1.40 bits per heavy atom. The van der Waals surface area contributed by atoms with E-state index in [2.05, 4.69) is 10.6 Å². The zero-order valence-electron chi connectivity index (χ0n) is 11.7. The number of morpholine rings is 1. The van der Waals surface area contributed by atoms with Crippen molar-refractivity contribution in [1.82, 2.24) is 5.32 Å². The number of hydrogen-bond donors (Lipinski definition) is 2. The number of anilines is 1. The molecule has 0 radical (unpaired) electrons. The Morgan fingerprint density at radius 3 is 2.65 bits per heavy atom. The van der Waals surface area contributed by atoms with Crippen molar-refractivity contribution in [1.29, 1.82) is 0 Å². The lowest BCUT2D eigenvalue weighted by atomic mass is 10.2. The lowest BCUT2D eigenvalue weighted by Crippen LogP contribution is -2.45. The van der Waals surface area contributed by atoms with Gasteiger partial charge in [0.25, 0.3) is 5.91 Å². The number of ether oxygens (including phenoxy) is 2. The maximum Gasteiger partial charge on any atom is 0.254 e. The van der Waals surface area contributed by atoms with Crippen molar-refractivity contribution in [3.63, 3.8) is 0 Å². The first-order chi connectivity index (χ1) is 9.15. The fourth-order valence-electron chi connectivity index (χ4n) is 1.85. The van der Waals surface area contributed by atoms with Crippen molar-refractivity contribution in [3.05, 3.63) is 24.3 Å². The quantitative estimate of drug-likeness (QED) is 0.890. The molecule has 112 valence electrons. The third kappa shape index (κ3) is 5.00. The molecule has 1 unspecified atom stereocenters. The number of carbonyl (C=O) groups is 1. The molecule has 1 heterocycles. The fraction of sp³-hybridized carbons (Fsp3) is 0.500. The van der Waals surface area contributed by atoms with E-state index in [1.165, 1.54) is 0 Å². The zero-order valence-corrected chi connectivity index (χ0v) is 12.5. The molecule has 1 aliphatic rings. The first-order valence-electron chi connectivity index (χ1n) is 6.55. The average molecular weight is 301 g/mol. The summed E-state index contributed by atoms with van der Waals surface area (Å²) < 4.78 is 10.9. The number of halogens is 1. The molecule has 2 rings (SSSR count). The van der Waals surface area contributed by atoms with Crippen molar-refractivity contribution < 1.29 is 14.3 Å². The second-order valence-electron chi connectivity index (χ2n) is 4.74. The van der Waals surface area contributed by atoms with E-state index in [0.29, 0.717) is 13.2 Å². The maximum atomic E-state index is 11.9. The van der Waals surface area contributed by atoms with Crippen LogP contribution in [0.4, 0.5) is 5.69 Å². The van der Waals surface area contributed by atoms with E-state index < -0.39 is 6.10 Å². The van der Waals surface area contributed by atoms with Gasteiger partial charge in [-0.05, 0) is 38.1 Å². The summed E-state index contributed by atoms with van der Waals surface area (Å²) in [6, 6.07) is 7.34. The van der Waals surface area contributed by atoms with Crippen molar-refractivity contribution in [2.45, 2.75) is 26.1 Å². The third-order valence-electron chi connectivity index (χ3n) is 2.71. The van der Waals surface area contributed by atoms with E-state index in [9.17, 15) is 4.79 Å². The van der Waals surface area contributed by atoms with Gasteiger partial charge in [0.15, 0.2) is 0 Å². The molecule has 0 aromatic heterocycles. The van der Waals surface area contributed by atoms with Gasteiger partial charge in [0, 0.05) is 18.8 Å². The van der Waals surface area contributed by atoms with E-state index in [1.807, 2.05) is 38.1 Å². The van der Waals surface area contributed by atoms with Gasteiger partial charge in [0.05, 0.1) is 12.7 Å². The highest BCUT2D eigenvalue weighted by Gasteiger charge is 2.21. The number of nitrogens with one attached hydrogen (secondary N) is 2. The number of hydrogen-bond acceptors (Lipinski definition) is 4. The molecule has 0 bridgehead atoms. The third-order valence-corrected chi connectivity index (χ3v) is 2.71. The van der Waals surface area contributed by atoms with Gasteiger partial charge in [-0.2, -0.15) is 0 Å². The molecule has 0 spiro atoms. The van der Waals surface area contributed by atoms with E-state index in [-0.39, 0.29) is 24.4 Å². The molecule has 2 N–H and O–H groups in total. The van der Waals surface area contributed by atoms with Crippen LogP contribution in [-0.4, -0.2) is 37.8 Å². The number of carbonyl (C=O) groups excluding carboxylic acids is 1. The molecular weight excluding hydrogens is 280 g/mol. The fourth-order valence-corrected chi connectivity index (χ4v) is 1.85. The molecule has 1 aliphatic heterocycles. The number of benzene rings is 1. The van der Waals surface area contributed by atoms with Gasteiger partial charge in [0.2, 0.25) is 0 Å². The van der Waals surface area contributed by atoms with Gasteiger partial charge in [-0.15, -0.1) is 12.4 Å². The Bertz CT molecular complexity index is 417. The Morgan fingerprint density at radius 2 is 2.10 bits per heavy atom. The summed E-state index contributed by atoms with van der Waals surface area (Å²) in [5.74, 6) is 0.674. The van der Waals surface area contributed by atoms with Gasteiger partial charge in [0.1, 0.15) is 11.9 Å². The van der Waals surface area contributed by atoms with E-state index in [0.717, 1.165) is 18.0 Å². The van der Waals surface area contributed by atoms with Crippen LogP contribution in [0.3, 0.4) is 0 Å². The summed E-state index contributed by atoms with van der Waals surface area (Å²) in [4.78, 5) is 11.9. The zero-order chi connectivity index (χ0) is 13.7. The summed E-state index contributed by atoms with van der Waals surface area (Å²) in [6.07, 6.45) is -0.275. The van der Waals surface area contributed by atoms with Gasteiger partial charge in [-0.1, -0.05) is 0 Å². The summed E-state index contributed by atoms with van der Waals surface area (Å²) in [5.41, 5.74) is 0.746. The molecule has 0 saturated carbocycles. The summed E-state index contributed by atoms with van der Waals surface area (Å²) >= 11 is 0. The molecule has 1 aromatic rings. The standard InChI is InChI=1S/C14H20N2O3.ClH/c1-10(2)19-12-5-3-11(4-6-12)16-14(17)13-9-15-7-8-18-13;/h3-6,10,13,15H,7-9H2,1-2H3,(H,16,17);1H. The molecule has 1 saturated heterocycles. The van der Waals surface area contributed by atoms with Gasteiger partial charge in [-0.3, -0.25) is 4.79 Å². The van der Waals surface area contributed by atoms with Crippen LogP contribution in [0.15, 0.2) is 24.3 Å². The predicted octanol–water partition coefficient (Wildman–Crippen LogP) is 1.82. The smallest absolute Gasteiger partial charge is 0.254 e. The van der Waals surface area contributed by atoms with Gasteiger partial charge < -0.3 is 20.1 Å². The van der Waals surface area contributed by atoms with E-state index in [4.69, 9.17) is 9.47 Å². The predicted molar refractivity (Wildman–Crippen MR) is 80.7 cm³/mol. The molecule has 1 amide bonds. The van der Waals surface area contributed by atoms with Crippen molar-refractivity contribution >= 4 is 24.0 Å². The maximum absolute atomic E-state index is 11.9. The molecule has 20 heavy (non-hydrogen) atoms. The number of rotatable bonds is 4. The Kier molecular flexibility index (Phi) is 6.78. The molecule has 5 nitrogen and oxygen atoms in total. The second-order valence-corrected chi connectivity index (χ2v) is 4.74. The molecular formula is C14H21ClN2O3. The summed E-state index contributed by atoms with van der Waals surface area (Å²) in [7, 11) is 0. The Hall–Kier alpha value is -1.30. The SMILES string of the molecule is CC(C)Oc1ccc(NC(=O)C2CNCCO2)cc1.Cl. The van der Waals surface area contributed by atoms with Crippen LogP contribution in [0.5, 0.6) is 5.75 Å². The van der Waals surface area contributed by atoms with E-state index >= 15 is 0 Å². The topological polar surface area (TPSA) is 59.6 Å². The van der Waals surface area contributed by atoms with Crippen LogP contribution in [0.1, 0.15) is 13.8 Å². The summed E-state index contributed by atoms with van der Waals surface area (Å²) in [5, 5.41) is 5.96. The minimum Gasteiger partial charge on any atom is -0.491 e. The minimum absolute atomic E-state index is 0. The highest BCUT2D eigenvalue weighted by atomic mass is 35.5. The highest BCUT2D eigenvalue weighted by molar-refractivity contribution is 5.94. The first kappa shape index (κ1) is 16.8. The van der Waals surface area contributed by atoms with Crippen LogP contribution >= 0.6 is 12.4 Å². The molecule has 6 heteroatoms. The van der Waals surface area contributed by atoms with Crippen molar-refractivity contribution in [2.75, 3.05) is 25.0 Å². The van der Waals surface area contributed by atoms with E-state index in [1.54, 1.807) is 0 Å². The van der Waals surface area contributed by atoms with Crippen LogP contribution in [-0.2, 0) is 9.53 Å². The molecule has 0 aliphatic carbocycles.